The molecule has 0 radical (unpaired) electrons. The Hall–Kier alpha value is -0.130. The highest BCUT2D eigenvalue weighted by atomic mass is 32.2. The fourth-order valence-electron chi connectivity index (χ4n) is 2.67. The summed E-state index contributed by atoms with van der Waals surface area (Å²) < 4.78 is 30.6. The van der Waals surface area contributed by atoms with Crippen molar-refractivity contribution in [2.24, 2.45) is 0 Å². The van der Waals surface area contributed by atoms with Gasteiger partial charge >= 0.3 is 0 Å². The Morgan fingerprint density at radius 3 is 2.12 bits per heavy atom. The molecule has 0 amide bonds. The summed E-state index contributed by atoms with van der Waals surface area (Å²) in [5.41, 5.74) is -0.0489. The van der Waals surface area contributed by atoms with Crippen LogP contribution < -0.4 is 0 Å². The predicted molar refractivity (Wildman–Crippen MR) is 69.7 cm³/mol. The minimum Gasteiger partial charge on any atom is -0.294 e. The van der Waals surface area contributed by atoms with E-state index in [2.05, 4.69) is 25.7 Å². The molecular formula is C12H25NO3S. The molecule has 17 heavy (non-hydrogen) atoms. The van der Waals surface area contributed by atoms with E-state index in [1.54, 1.807) is 0 Å². The molecule has 1 fully saturated rings. The van der Waals surface area contributed by atoms with Crippen molar-refractivity contribution in [1.29, 1.82) is 0 Å². The number of hydrogen-bond acceptors (Lipinski definition) is 3. The zero-order chi connectivity index (χ0) is 13.1. The Labute approximate surface area is 105 Å². The summed E-state index contributed by atoms with van der Waals surface area (Å²) in [5, 5.41) is 0. The van der Waals surface area contributed by atoms with E-state index in [0.717, 1.165) is 12.8 Å². The fourth-order valence-corrected chi connectivity index (χ4v) is 3.10. The fraction of sp³-hybridized carbons (Fsp3) is 1.00. The van der Waals surface area contributed by atoms with Crippen LogP contribution in [0.5, 0.6) is 0 Å². The van der Waals surface area contributed by atoms with Gasteiger partial charge in [-0.25, -0.2) is 0 Å². The van der Waals surface area contributed by atoms with Crippen LogP contribution in [0.1, 0.15) is 52.9 Å². The molecule has 0 aliphatic heterocycles. The van der Waals surface area contributed by atoms with Gasteiger partial charge < -0.3 is 0 Å². The Morgan fingerprint density at radius 2 is 1.71 bits per heavy atom. The summed E-state index contributed by atoms with van der Waals surface area (Å²) in [6.45, 7) is 6.73. The van der Waals surface area contributed by atoms with Crippen molar-refractivity contribution >= 4 is 10.1 Å². The lowest BCUT2D eigenvalue weighted by Crippen LogP contribution is -2.50. The standard InChI is InChI=1S/C12H25NO3S/c1-12(2,3)13(9-10-17(14,15)16)11-7-5-4-6-8-11/h11H,4-10H2,1-3H3,(H,14,15,16). The van der Waals surface area contributed by atoms with E-state index < -0.39 is 10.1 Å². The molecule has 102 valence electrons. The van der Waals surface area contributed by atoms with Gasteiger partial charge in [0.2, 0.25) is 0 Å². The molecular weight excluding hydrogens is 238 g/mol. The molecule has 1 rings (SSSR count). The van der Waals surface area contributed by atoms with Crippen molar-refractivity contribution in [1.82, 2.24) is 4.90 Å². The van der Waals surface area contributed by atoms with Gasteiger partial charge in [0.25, 0.3) is 10.1 Å². The molecule has 0 unspecified atom stereocenters. The Kier molecular flexibility index (Phi) is 4.98. The molecule has 1 aliphatic rings. The maximum atomic E-state index is 10.9. The van der Waals surface area contributed by atoms with Crippen LogP contribution in [0, 0.1) is 0 Å². The van der Waals surface area contributed by atoms with Gasteiger partial charge in [-0.3, -0.25) is 9.45 Å². The number of nitrogens with zero attached hydrogens (tertiary/aromatic N) is 1. The van der Waals surface area contributed by atoms with Crippen molar-refractivity contribution in [3.05, 3.63) is 0 Å². The largest absolute Gasteiger partial charge is 0.294 e. The first kappa shape index (κ1) is 14.9. The highest BCUT2D eigenvalue weighted by molar-refractivity contribution is 7.85. The third-order valence-corrected chi connectivity index (χ3v) is 4.17. The topological polar surface area (TPSA) is 57.6 Å². The highest BCUT2D eigenvalue weighted by Gasteiger charge is 2.30. The molecule has 0 saturated heterocycles. The summed E-state index contributed by atoms with van der Waals surface area (Å²) in [5.74, 6) is -0.166. The van der Waals surface area contributed by atoms with E-state index in [9.17, 15) is 8.42 Å². The van der Waals surface area contributed by atoms with Gasteiger partial charge in [-0.05, 0) is 33.6 Å². The summed E-state index contributed by atoms with van der Waals surface area (Å²) in [6, 6.07) is 0.463. The van der Waals surface area contributed by atoms with Crippen LogP contribution in [0.3, 0.4) is 0 Å². The molecule has 4 nitrogen and oxygen atoms in total. The summed E-state index contributed by atoms with van der Waals surface area (Å²) in [6.07, 6.45) is 6.02. The van der Waals surface area contributed by atoms with Crippen molar-refractivity contribution < 1.29 is 13.0 Å². The van der Waals surface area contributed by atoms with Crippen LogP contribution >= 0.6 is 0 Å². The Morgan fingerprint density at radius 1 is 1.18 bits per heavy atom. The quantitative estimate of drug-likeness (QED) is 0.791. The molecule has 0 aromatic heterocycles. The third-order valence-electron chi connectivity index (χ3n) is 3.47. The molecule has 0 aromatic rings. The van der Waals surface area contributed by atoms with Crippen molar-refractivity contribution in [2.75, 3.05) is 12.3 Å². The van der Waals surface area contributed by atoms with E-state index in [1.165, 1.54) is 19.3 Å². The van der Waals surface area contributed by atoms with Crippen LogP contribution in [0.4, 0.5) is 0 Å². The average Bonchev–Trinajstić information content (AvgIpc) is 2.15. The molecule has 0 atom stereocenters. The van der Waals surface area contributed by atoms with E-state index in [0.29, 0.717) is 12.6 Å². The monoisotopic (exact) mass is 263 g/mol. The Balaban J connectivity index is 2.66. The van der Waals surface area contributed by atoms with Gasteiger partial charge in [-0.2, -0.15) is 8.42 Å². The molecule has 0 heterocycles. The number of hydrogen-bond donors (Lipinski definition) is 1. The molecule has 1 aliphatic carbocycles. The SMILES string of the molecule is CC(C)(C)N(CCS(=O)(=O)O)C1CCCCC1. The van der Waals surface area contributed by atoms with Gasteiger partial charge in [0.1, 0.15) is 0 Å². The lowest BCUT2D eigenvalue weighted by molar-refractivity contribution is 0.0670. The van der Waals surface area contributed by atoms with Crippen LogP contribution in [-0.2, 0) is 10.1 Å². The van der Waals surface area contributed by atoms with Gasteiger partial charge in [0.15, 0.2) is 0 Å². The lowest BCUT2D eigenvalue weighted by atomic mass is 9.91. The number of rotatable bonds is 4. The van der Waals surface area contributed by atoms with Crippen molar-refractivity contribution in [3.8, 4) is 0 Å². The summed E-state index contributed by atoms with van der Waals surface area (Å²) in [7, 11) is -3.86. The van der Waals surface area contributed by atoms with E-state index in [1.807, 2.05) is 0 Å². The molecule has 5 heteroatoms. The van der Waals surface area contributed by atoms with Crippen LogP contribution in [0.15, 0.2) is 0 Å². The molecule has 1 saturated carbocycles. The second-order valence-corrected chi connectivity index (χ2v) is 7.51. The van der Waals surface area contributed by atoms with E-state index >= 15 is 0 Å². The zero-order valence-corrected chi connectivity index (χ0v) is 12.0. The summed E-state index contributed by atoms with van der Waals surface area (Å²) >= 11 is 0. The molecule has 1 N–H and O–H groups in total. The van der Waals surface area contributed by atoms with Crippen LogP contribution in [-0.4, -0.2) is 41.7 Å². The predicted octanol–water partition coefficient (Wildman–Crippen LogP) is 2.31. The molecule has 0 aromatic carbocycles. The first-order valence-corrected chi connectivity index (χ1v) is 8.03. The Bertz CT molecular complexity index is 326. The van der Waals surface area contributed by atoms with Gasteiger partial charge in [-0.15, -0.1) is 0 Å². The smallest absolute Gasteiger partial charge is 0.266 e. The van der Waals surface area contributed by atoms with E-state index in [4.69, 9.17) is 4.55 Å². The zero-order valence-electron chi connectivity index (χ0n) is 11.1. The average molecular weight is 263 g/mol. The molecule has 0 bridgehead atoms. The normalized spacial score (nSPS) is 19.8. The van der Waals surface area contributed by atoms with Crippen molar-refractivity contribution in [3.63, 3.8) is 0 Å². The van der Waals surface area contributed by atoms with Gasteiger partial charge in [-0.1, -0.05) is 19.3 Å². The van der Waals surface area contributed by atoms with Crippen LogP contribution in [0.25, 0.3) is 0 Å². The maximum Gasteiger partial charge on any atom is 0.266 e. The first-order chi connectivity index (χ1) is 7.70. The van der Waals surface area contributed by atoms with Crippen LogP contribution in [0.2, 0.25) is 0 Å². The minimum absolute atomic E-state index is 0.0489. The lowest BCUT2D eigenvalue weighted by Gasteiger charge is -2.43. The second-order valence-electron chi connectivity index (χ2n) is 5.94. The van der Waals surface area contributed by atoms with Gasteiger partial charge in [0.05, 0.1) is 5.75 Å². The minimum atomic E-state index is -3.86. The van der Waals surface area contributed by atoms with E-state index in [-0.39, 0.29) is 11.3 Å². The van der Waals surface area contributed by atoms with Gasteiger partial charge in [0, 0.05) is 18.1 Å². The third kappa shape index (κ3) is 5.36. The second kappa shape index (κ2) is 5.67. The molecule has 0 spiro atoms. The highest BCUT2D eigenvalue weighted by Crippen LogP contribution is 2.27. The maximum absolute atomic E-state index is 10.9. The first-order valence-electron chi connectivity index (χ1n) is 6.42. The van der Waals surface area contributed by atoms with Crippen molar-refractivity contribution in [2.45, 2.75) is 64.5 Å². The summed E-state index contributed by atoms with van der Waals surface area (Å²) in [4.78, 5) is 2.24.